The summed E-state index contributed by atoms with van der Waals surface area (Å²) in [6.07, 6.45) is 4.50. The summed E-state index contributed by atoms with van der Waals surface area (Å²) in [5.74, 6) is 1.63. The van der Waals surface area contributed by atoms with Gasteiger partial charge in [-0.15, -0.1) is 0 Å². The second-order valence-electron chi connectivity index (χ2n) is 4.47. The number of hydrogen-bond acceptors (Lipinski definition) is 5. The van der Waals surface area contributed by atoms with E-state index < -0.39 is 0 Å². The third-order valence-corrected chi connectivity index (χ3v) is 3.03. The Bertz CT molecular complexity index is 377. The second kappa shape index (κ2) is 5.31. The lowest BCUT2D eigenvalue weighted by Crippen LogP contribution is -2.30. The van der Waals surface area contributed by atoms with Gasteiger partial charge in [0.05, 0.1) is 6.10 Å². The van der Waals surface area contributed by atoms with Crippen molar-refractivity contribution in [2.75, 3.05) is 37.5 Å². The van der Waals surface area contributed by atoms with Crippen LogP contribution in [0.25, 0.3) is 0 Å². The third-order valence-electron chi connectivity index (χ3n) is 3.03. The van der Waals surface area contributed by atoms with Gasteiger partial charge in [0.1, 0.15) is 5.82 Å². The fraction of sp³-hybridized carbons (Fsp3) is 0.667. The van der Waals surface area contributed by atoms with Crippen LogP contribution in [0.3, 0.4) is 0 Å². The van der Waals surface area contributed by atoms with Gasteiger partial charge < -0.3 is 15.0 Å². The summed E-state index contributed by atoms with van der Waals surface area (Å²) in [5.41, 5.74) is 1.09. The number of nitrogens with one attached hydrogen (secondary N) is 1. The first-order valence-electron chi connectivity index (χ1n) is 6.05. The fourth-order valence-electron chi connectivity index (χ4n) is 2.12. The minimum Gasteiger partial charge on any atom is -0.376 e. The van der Waals surface area contributed by atoms with Crippen molar-refractivity contribution < 1.29 is 4.74 Å². The largest absolute Gasteiger partial charge is 0.376 e. The Hall–Kier alpha value is -1.36. The van der Waals surface area contributed by atoms with Crippen molar-refractivity contribution >= 4 is 11.8 Å². The van der Waals surface area contributed by atoms with Crippen LogP contribution in [0.5, 0.6) is 0 Å². The van der Waals surface area contributed by atoms with Crippen molar-refractivity contribution in [3.63, 3.8) is 0 Å². The molecule has 5 nitrogen and oxygen atoms in total. The Labute approximate surface area is 102 Å². The summed E-state index contributed by atoms with van der Waals surface area (Å²) < 4.78 is 5.64. The first-order valence-corrected chi connectivity index (χ1v) is 6.05. The standard InChI is InChI=1S/C12H20N4O/c1-9-7-14-12(13-2)15-11(9)16(3)8-10-5-4-6-17-10/h7,10H,4-6,8H2,1-3H3,(H,13,14,15). The predicted octanol–water partition coefficient (Wildman–Crippen LogP) is 1.44. The van der Waals surface area contributed by atoms with Gasteiger partial charge in [0.15, 0.2) is 0 Å². The molecule has 1 atom stereocenters. The predicted molar refractivity (Wildman–Crippen MR) is 68.6 cm³/mol. The van der Waals surface area contributed by atoms with Crippen LogP contribution in [0.2, 0.25) is 0 Å². The molecule has 0 bridgehead atoms. The van der Waals surface area contributed by atoms with Crippen LogP contribution in [-0.2, 0) is 4.74 Å². The van der Waals surface area contributed by atoms with E-state index in [1.54, 1.807) is 0 Å². The first-order chi connectivity index (χ1) is 8.20. The molecule has 1 aromatic rings. The highest BCUT2D eigenvalue weighted by Gasteiger charge is 2.19. The molecule has 1 unspecified atom stereocenters. The fourth-order valence-corrected chi connectivity index (χ4v) is 2.12. The van der Waals surface area contributed by atoms with E-state index in [9.17, 15) is 0 Å². The lowest BCUT2D eigenvalue weighted by atomic mass is 10.2. The highest BCUT2D eigenvalue weighted by atomic mass is 16.5. The van der Waals surface area contributed by atoms with Crippen molar-refractivity contribution in [1.29, 1.82) is 0 Å². The molecular weight excluding hydrogens is 216 g/mol. The zero-order valence-corrected chi connectivity index (χ0v) is 10.7. The molecule has 1 saturated heterocycles. The Balaban J connectivity index is 2.08. The van der Waals surface area contributed by atoms with E-state index >= 15 is 0 Å². The van der Waals surface area contributed by atoms with Crippen molar-refractivity contribution in [2.24, 2.45) is 0 Å². The normalized spacial score (nSPS) is 19.4. The van der Waals surface area contributed by atoms with Crippen LogP contribution in [0.4, 0.5) is 11.8 Å². The molecule has 1 N–H and O–H groups in total. The molecule has 1 aromatic heterocycles. The summed E-state index contributed by atoms with van der Waals surface area (Å²) >= 11 is 0. The van der Waals surface area contributed by atoms with Crippen LogP contribution in [-0.4, -0.2) is 43.3 Å². The van der Waals surface area contributed by atoms with E-state index in [1.165, 1.54) is 6.42 Å². The summed E-state index contributed by atoms with van der Waals surface area (Å²) in [5, 5.41) is 2.96. The number of rotatable bonds is 4. The average Bonchev–Trinajstić information content (AvgIpc) is 2.82. The van der Waals surface area contributed by atoms with Crippen LogP contribution in [0, 0.1) is 6.92 Å². The number of aryl methyl sites for hydroxylation is 1. The number of likely N-dealkylation sites (N-methyl/N-ethyl adjacent to an activating group) is 1. The van der Waals surface area contributed by atoms with Crippen molar-refractivity contribution in [3.05, 3.63) is 11.8 Å². The van der Waals surface area contributed by atoms with Crippen LogP contribution < -0.4 is 10.2 Å². The maximum atomic E-state index is 5.64. The smallest absolute Gasteiger partial charge is 0.224 e. The molecule has 0 aromatic carbocycles. The molecule has 0 amide bonds. The maximum absolute atomic E-state index is 5.64. The van der Waals surface area contributed by atoms with Crippen LogP contribution >= 0.6 is 0 Å². The molecule has 1 aliphatic rings. The van der Waals surface area contributed by atoms with E-state index in [1.807, 2.05) is 20.2 Å². The van der Waals surface area contributed by atoms with E-state index in [2.05, 4.69) is 27.2 Å². The van der Waals surface area contributed by atoms with Gasteiger partial charge >= 0.3 is 0 Å². The molecular formula is C12H20N4O. The molecule has 5 heteroatoms. The zero-order valence-electron chi connectivity index (χ0n) is 10.7. The zero-order chi connectivity index (χ0) is 12.3. The first kappa shape index (κ1) is 12.1. The van der Waals surface area contributed by atoms with Gasteiger partial charge in [-0.3, -0.25) is 0 Å². The molecule has 1 fully saturated rings. The van der Waals surface area contributed by atoms with Crippen molar-refractivity contribution in [1.82, 2.24) is 9.97 Å². The van der Waals surface area contributed by atoms with E-state index in [0.29, 0.717) is 12.1 Å². The Morgan fingerprint density at radius 3 is 3.06 bits per heavy atom. The highest BCUT2D eigenvalue weighted by Crippen LogP contribution is 2.19. The minimum absolute atomic E-state index is 0.340. The molecule has 0 saturated carbocycles. The number of nitrogens with zero attached hydrogens (tertiary/aromatic N) is 3. The molecule has 0 aliphatic carbocycles. The van der Waals surface area contributed by atoms with Crippen molar-refractivity contribution in [3.8, 4) is 0 Å². The quantitative estimate of drug-likeness (QED) is 0.857. The van der Waals surface area contributed by atoms with Crippen LogP contribution in [0.1, 0.15) is 18.4 Å². The van der Waals surface area contributed by atoms with E-state index in [-0.39, 0.29) is 0 Å². The van der Waals surface area contributed by atoms with Gasteiger partial charge in [-0.1, -0.05) is 0 Å². The Morgan fingerprint density at radius 2 is 2.41 bits per heavy atom. The van der Waals surface area contributed by atoms with Crippen molar-refractivity contribution in [2.45, 2.75) is 25.9 Å². The minimum atomic E-state index is 0.340. The van der Waals surface area contributed by atoms with E-state index in [4.69, 9.17) is 4.74 Å². The molecule has 2 heterocycles. The number of hydrogen-bond donors (Lipinski definition) is 1. The molecule has 1 aliphatic heterocycles. The maximum Gasteiger partial charge on any atom is 0.224 e. The van der Waals surface area contributed by atoms with E-state index in [0.717, 1.165) is 31.0 Å². The number of anilines is 2. The molecule has 0 spiro atoms. The molecule has 17 heavy (non-hydrogen) atoms. The molecule has 0 radical (unpaired) electrons. The van der Waals surface area contributed by atoms with Gasteiger partial charge in [0, 0.05) is 39.0 Å². The summed E-state index contributed by atoms with van der Waals surface area (Å²) in [6, 6.07) is 0. The number of ether oxygens (including phenoxy) is 1. The summed E-state index contributed by atoms with van der Waals surface area (Å²) in [7, 11) is 3.88. The monoisotopic (exact) mass is 236 g/mol. The molecule has 2 rings (SSSR count). The average molecular weight is 236 g/mol. The lowest BCUT2D eigenvalue weighted by molar-refractivity contribution is 0.116. The third kappa shape index (κ3) is 2.85. The van der Waals surface area contributed by atoms with Gasteiger partial charge in [0.25, 0.3) is 0 Å². The topological polar surface area (TPSA) is 50.3 Å². The van der Waals surface area contributed by atoms with Gasteiger partial charge in [-0.05, 0) is 19.8 Å². The van der Waals surface area contributed by atoms with Gasteiger partial charge in [-0.25, -0.2) is 4.98 Å². The second-order valence-corrected chi connectivity index (χ2v) is 4.47. The SMILES string of the molecule is CNc1ncc(C)c(N(C)CC2CCCO2)n1. The molecule has 94 valence electrons. The lowest BCUT2D eigenvalue weighted by Gasteiger charge is -2.23. The Morgan fingerprint density at radius 1 is 1.59 bits per heavy atom. The van der Waals surface area contributed by atoms with Gasteiger partial charge in [0.2, 0.25) is 5.95 Å². The highest BCUT2D eigenvalue weighted by molar-refractivity contribution is 5.48. The number of aromatic nitrogens is 2. The summed E-state index contributed by atoms with van der Waals surface area (Å²) in [4.78, 5) is 10.8. The summed E-state index contributed by atoms with van der Waals surface area (Å²) in [6.45, 7) is 3.81. The Kier molecular flexibility index (Phi) is 3.78. The van der Waals surface area contributed by atoms with Gasteiger partial charge in [-0.2, -0.15) is 4.98 Å². The van der Waals surface area contributed by atoms with Crippen LogP contribution in [0.15, 0.2) is 6.20 Å².